The van der Waals surface area contributed by atoms with Gasteiger partial charge in [0.2, 0.25) is 0 Å². The maximum absolute atomic E-state index is 5.09. The number of hydrogen-bond donors (Lipinski definition) is 0. The molecule has 0 atom stereocenters. The zero-order chi connectivity index (χ0) is 13.5. The van der Waals surface area contributed by atoms with Gasteiger partial charge in [0.05, 0.1) is 12.8 Å². The van der Waals surface area contributed by atoms with Crippen molar-refractivity contribution < 1.29 is 4.74 Å². The molecule has 0 amide bonds. The van der Waals surface area contributed by atoms with E-state index in [0.29, 0.717) is 0 Å². The standard InChI is InChI=1S/C16H14BrNO/c1-19-16-10-8-15(9-11-16)18-12-2-3-13-4-6-14(17)7-5-13/h2-12H,1H3/b3-2-,18-12?. The van der Waals surface area contributed by atoms with Crippen molar-refractivity contribution in [2.24, 2.45) is 4.99 Å². The van der Waals surface area contributed by atoms with Crippen LogP contribution in [0.1, 0.15) is 5.56 Å². The summed E-state index contributed by atoms with van der Waals surface area (Å²) in [5, 5.41) is 0. The van der Waals surface area contributed by atoms with E-state index in [2.05, 4.69) is 20.9 Å². The number of aliphatic imine (C=N–C) groups is 1. The molecule has 0 aliphatic heterocycles. The van der Waals surface area contributed by atoms with Gasteiger partial charge >= 0.3 is 0 Å². The van der Waals surface area contributed by atoms with Crippen molar-refractivity contribution in [1.29, 1.82) is 0 Å². The van der Waals surface area contributed by atoms with Gasteiger partial charge in [-0.15, -0.1) is 0 Å². The van der Waals surface area contributed by atoms with Crippen molar-refractivity contribution in [3.63, 3.8) is 0 Å². The average molecular weight is 316 g/mol. The second kappa shape index (κ2) is 6.90. The minimum absolute atomic E-state index is 0.837. The van der Waals surface area contributed by atoms with Crippen molar-refractivity contribution in [2.45, 2.75) is 0 Å². The van der Waals surface area contributed by atoms with E-state index in [1.165, 1.54) is 0 Å². The number of rotatable bonds is 4. The molecule has 0 heterocycles. The maximum atomic E-state index is 5.09. The first-order valence-electron chi connectivity index (χ1n) is 5.88. The van der Waals surface area contributed by atoms with Gasteiger partial charge in [-0.3, -0.25) is 4.99 Å². The van der Waals surface area contributed by atoms with Gasteiger partial charge in [0.25, 0.3) is 0 Å². The van der Waals surface area contributed by atoms with Crippen LogP contribution in [-0.4, -0.2) is 13.3 Å². The Labute approximate surface area is 121 Å². The second-order valence-electron chi connectivity index (χ2n) is 3.89. The number of methoxy groups -OCH3 is 1. The predicted molar refractivity (Wildman–Crippen MR) is 84.3 cm³/mol. The summed E-state index contributed by atoms with van der Waals surface area (Å²) in [6, 6.07) is 15.7. The van der Waals surface area contributed by atoms with Gasteiger partial charge in [0.15, 0.2) is 0 Å². The molecular weight excluding hydrogens is 302 g/mol. The van der Waals surface area contributed by atoms with E-state index in [4.69, 9.17) is 4.74 Å². The molecule has 0 bridgehead atoms. The maximum Gasteiger partial charge on any atom is 0.119 e. The molecule has 96 valence electrons. The number of allylic oxidation sites excluding steroid dienone is 1. The molecule has 19 heavy (non-hydrogen) atoms. The molecule has 2 aromatic carbocycles. The third-order valence-corrected chi connectivity index (χ3v) is 3.07. The molecule has 0 fully saturated rings. The van der Waals surface area contributed by atoms with Crippen LogP contribution < -0.4 is 4.74 Å². The summed E-state index contributed by atoms with van der Waals surface area (Å²) in [5.41, 5.74) is 2.05. The Kier molecular flexibility index (Phi) is 4.93. The quantitative estimate of drug-likeness (QED) is 0.737. The van der Waals surface area contributed by atoms with Crippen molar-refractivity contribution in [3.05, 3.63) is 64.6 Å². The monoisotopic (exact) mass is 315 g/mol. The van der Waals surface area contributed by atoms with E-state index in [1.807, 2.05) is 60.7 Å². The molecular formula is C16H14BrNO. The Balaban J connectivity index is 1.96. The first kappa shape index (κ1) is 13.6. The fraction of sp³-hybridized carbons (Fsp3) is 0.0625. The number of benzene rings is 2. The Morgan fingerprint density at radius 3 is 2.32 bits per heavy atom. The fourth-order valence-electron chi connectivity index (χ4n) is 1.53. The fourth-order valence-corrected chi connectivity index (χ4v) is 1.79. The van der Waals surface area contributed by atoms with Gasteiger partial charge in [0, 0.05) is 10.7 Å². The third-order valence-electron chi connectivity index (χ3n) is 2.54. The highest BCUT2D eigenvalue weighted by atomic mass is 79.9. The zero-order valence-electron chi connectivity index (χ0n) is 10.6. The van der Waals surface area contributed by atoms with Gasteiger partial charge in [-0.2, -0.15) is 0 Å². The molecule has 2 nitrogen and oxygen atoms in total. The lowest BCUT2D eigenvalue weighted by molar-refractivity contribution is 0.415. The lowest BCUT2D eigenvalue weighted by Crippen LogP contribution is -1.79. The Hall–Kier alpha value is -1.87. The lowest BCUT2D eigenvalue weighted by Gasteiger charge is -1.98. The SMILES string of the molecule is COc1ccc(N=C/C=C\c2ccc(Br)cc2)cc1. The van der Waals surface area contributed by atoms with E-state index in [0.717, 1.165) is 21.5 Å². The second-order valence-corrected chi connectivity index (χ2v) is 4.80. The summed E-state index contributed by atoms with van der Waals surface area (Å²) in [4.78, 5) is 4.34. The summed E-state index contributed by atoms with van der Waals surface area (Å²) in [6.45, 7) is 0. The number of halogens is 1. The molecule has 0 unspecified atom stereocenters. The molecule has 0 saturated heterocycles. The Morgan fingerprint density at radius 1 is 1.00 bits per heavy atom. The highest BCUT2D eigenvalue weighted by Crippen LogP contribution is 2.17. The normalized spacial score (nSPS) is 11.3. The number of ether oxygens (including phenoxy) is 1. The van der Waals surface area contributed by atoms with Gasteiger partial charge in [0.1, 0.15) is 5.75 Å². The molecule has 0 saturated carbocycles. The topological polar surface area (TPSA) is 21.6 Å². The van der Waals surface area contributed by atoms with Crippen LogP contribution in [0.3, 0.4) is 0 Å². The Bertz CT molecular complexity index is 571. The van der Waals surface area contributed by atoms with Crippen molar-refractivity contribution in [3.8, 4) is 5.75 Å². The molecule has 2 aromatic rings. The van der Waals surface area contributed by atoms with Crippen LogP contribution >= 0.6 is 15.9 Å². The third kappa shape index (κ3) is 4.38. The van der Waals surface area contributed by atoms with E-state index >= 15 is 0 Å². The Morgan fingerprint density at radius 2 is 1.68 bits per heavy atom. The summed E-state index contributed by atoms with van der Waals surface area (Å²) < 4.78 is 6.17. The average Bonchev–Trinajstić information content (AvgIpc) is 2.46. The molecule has 2 rings (SSSR count). The van der Waals surface area contributed by atoms with E-state index in [1.54, 1.807) is 13.3 Å². The number of nitrogens with zero attached hydrogens (tertiary/aromatic N) is 1. The molecule has 3 heteroatoms. The van der Waals surface area contributed by atoms with Crippen molar-refractivity contribution >= 4 is 33.9 Å². The van der Waals surface area contributed by atoms with Crippen molar-refractivity contribution in [1.82, 2.24) is 0 Å². The van der Waals surface area contributed by atoms with E-state index < -0.39 is 0 Å². The minimum atomic E-state index is 0.837. The summed E-state index contributed by atoms with van der Waals surface area (Å²) in [7, 11) is 1.65. The van der Waals surface area contributed by atoms with Crippen molar-refractivity contribution in [2.75, 3.05) is 7.11 Å². The van der Waals surface area contributed by atoms with Gasteiger partial charge in [-0.1, -0.05) is 34.1 Å². The highest BCUT2D eigenvalue weighted by molar-refractivity contribution is 9.10. The first-order valence-corrected chi connectivity index (χ1v) is 6.67. The van der Waals surface area contributed by atoms with Crippen LogP contribution in [0.2, 0.25) is 0 Å². The van der Waals surface area contributed by atoms with Gasteiger partial charge < -0.3 is 4.74 Å². The zero-order valence-corrected chi connectivity index (χ0v) is 12.2. The molecule has 0 spiro atoms. The smallest absolute Gasteiger partial charge is 0.119 e. The van der Waals surface area contributed by atoms with Gasteiger partial charge in [-0.25, -0.2) is 0 Å². The van der Waals surface area contributed by atoms with Crippen LogP contribution in [0, 0.1) is 0 Å². The van der Waals surface area contributed by atoms with Crippen LogP contribution in [0.4, 0.5) is 5.69 Å². The van der Waals surface area contributed by atoms with Crippen LogP contribution in [-0.2, 0) is 0 Å². The molecule has 0 aromatic heterocycles. The van der Waals surface area contributed by atoms with E-state index in [-0.39, 0.29) is 0 Å². The summed E-state index contributed by atoms with van der Waals surface area (Å²) in [6.07, 6.45) is 5.72. The predicted octanol–water partition coefficient (Wildman–Crippen LogP) is 4.87. The first-order chi connectivity index (χ1) is 9.28. The molecule has 0 aliphatic carbocycles. The van der Waals surface area contributed by atoms with Crippen LogP contribution in [0.25, 0.3) is 6.08 Å². The summed E-state index contributed by atoms with van der Waals surface area (Å²) >= 11 is 3.41. The van der Waals surface area contributed by atoms with E-state index in [9.17, 15) is 0 Å². The lowest BCUT2D eigenvalue weighted by atomic mass is 10.2. The van der Waals surface area contributed by atoms with Crippen LogP contribution in [0.15, 0.2) is 64.1 Å². The molecule has 0 N–H and O–H groups in total. The highest BCUT2D eigenvalue weighted by Gasteiger charge is 1.90. The number of hydrogen-bond acceptors (Lipinski definition) is 2. The molecule has 0 aliphatic rings. The van der Waals surface area contributed by atoms with Gasteiger partial charge in [-0.05, 0) is 48.0 Å². The minimum Gasteiger partial charge on any atom is -0.497 e. The molecule has 0 radical (unpaired) electrons. The largest absolute Gasteiger partial charge is 0.497 e. The summed E-state index contributed by atoms with van der Waals surface area (Å²) in [5.74, 6) is 0.837. The van der Waals surface area contributed by atoms with Crippen LogP contribution in [0.5, 0.6) is 5.75 Å².